The number of fused-ring (bicyclic) bond motifs is 5. The zero-order chi connectivity index (χ0) is 21.2. The molecular weight excluding hydrogens is 376 g/mol. The molecule has 4 aliphatic rings. The highest BCUT2D eigenvalue weighted by Crippen LogP contribution is 2.62. The van der Waals surface area contributed by atoms with Crippen molar-refractivity contribution in [2.75, 3.05) is 0 Å². The number of rotatable bonds is 3. The van der Waals surface area contributed by atoms with Gasteiger partial charge in [-0.3, -0.25) is 4.79 Å². The molecule has 0 bridgehead atoms. The lowest BCUT2D eigenvalue weighted by Crippen LogP contribution is -2.45. The number of hydrogen-bond donors (Lipinski definition) is 0. The summed E-state index contributed by atoms with van der Waals surface area (Å²) in [5.74, 6) is -2.34. The maximum Gasteiger partial charge on any atom is 0.334 e. The van der Waals surface area contributed by atoms with Crippen molar-refractivity contribution in [1.82, 2.24) is 0 Å². The van der Waals surface area contributed by atoms with Gasteiger partial charge in [-0.1, -0.05) is 18.2 Å². The van der Waals surface area contributed by atoms with Gasteiger partial charge in [-0.05, 0) is 39.7 Å². The molecule has 0 aromatic rings. The number of carbonyl (C=O) groups excluding carboxylic acids is 3. The minimum absolute atomic E-state index is 0.0459. The van der Waals surface area contributed by atoms with E-state index in [1.807, 2.05) is 13.8 Å². The van der Waals surface area contributed by atoms with Gasteiger partial charge in [0, 0.05) is 24.0 Å². The number of hydrogen-bond acceptors (Lipinski definition) is 7. The molecule has 0 aromatic heterocycles. The molecule has 7 unspecified atom stereocenters. The first-order valence-corrected chi connectivity index (χ1v) is 9.88. The van der Waals surface area contributed by atoms with E-state index < -0.39 is 47.7 Å². The van der Waals surface area contributed by atoms with Crippen molar-refractivity contribution in [3.05, 3.63) is 34.9 Å². The first-order chi connectivity index (χ1) is 13.6. The SMILES string of the molecule is C=C1C(=O)OC2C1C(OC(C)=O)C(OC(=O)C(C)=CC)C(C)=C1CC3OC3(C)C12. The van der Waals surface area contributed by atoms with E-state index in [1.165, 1.54) is 6.92 Å². The van der Waals surface area contributed by atoms with Gasteiger partial charge in [0.25, 0.3) is 0 Å². The molecule has 0 spiro atoms. The van der Waals surface area contributed by atoms with Crippen molar-refractivity contribution in [1.29, 1.82) is 0 Å². The van der Waals surface area contributed by atoms with Crippen molar-refractivity contribution >= 4 is 17.9 Å². The molecule has 3 fully saturated rings. The minimum Gasteiger partial charge on any atom is -0.457 e. The van der Waals surface area contributed by atoms with Crippen LogP contribution in [-0.4, -0.2) is 47.9 Å². The van der Waals surface area contributed by atoms with Crippen LogP contribution in [0.25, 0.3) is 0 Å². The average molecular weight is 402 g/mol. The van der Waals surface area contributed by atoms with Crippen molar-refractivity contribution in [2.45, 2.75) is 71.1 Å². The Balaban J connectivity index is 1.84. The zero-order valence-corrected chi connectivity index (χ0v) is 17.3. The van der Waals surface area contributed by atoms with Gasteiger partial charge in [-0.2, -0.15) is 0 Å². The summed E-state index contributed by atoms with van der Waals surface area (Å²) < 4.78 is 23.1. The van der Waals surface area contributed by atoms with Gasteiger partial charge in [0.2, 0.25) is 0 Å². The van der Waals surface area contributed by atoms with Crippen molar-refractivity contribution in [2.24, 2.45) is 11.8 Å². The van der Waals surface area contributed by atoms with Crippen LogP contribution in [0.15, 0.2) is 34.9 Å². The lowest BCUT2D eigenvalue weighted by Gasteiger charge is -2.32. The van der Waals surface area contributed by atoms with Crippen LogP contribution in [0.5, 0.6) is 0 Å². The Kier molecular flexibility index (Phi) is 4.49. The van der Waals surface area contributed by atoms with Crippen LogP contribution >= 0.6 is 0 Å². The van der Waals surface area contributed by atoms with Gasteiger partial charge in [0.1, 0.15) is 11.7 Å². The molecule has 2 aliphatic carbocycles. The van der Waals surface area contributed by atoms with Gasteiger partial charge in [-0.15, -0.1) is 0 Å². The maximum absolute atomic E-state index is 12.6. The Morgan fingerprint density at radius 3 is 2.59 bits per heavy atom. The largest absolute Gasteiger partial charge is 0.457 e. The summed E-state index contributed by atoms with van der Waals surface area (Å²) >= 11 is 0. The van der Waals surface area contributed by atoms with E-state index >= 15 is 0 Å². The molecule has 0 amide bonds. The second-order valence-electron chi connectivity index (χ2n) is 8.47. The first-order valence-electron chi connectivity index (χ1n) is 9.88. The van der Waals surface area contributed by atoms with Crippen molar-refractivity contribution < 1.29 is 33.3 Å². The molecule has 7 nitrogen and oxygen atoms in total. The molecular formula is C22H26O7. The van der Waals surface area contributed by atoms with E-state index in [0.29, 0.717) is 12.0 Å². The van der Waals surface area contributed by atoms with E-state index in [0.717, 1.165) is 11.1 Å². The highest BCUT2D eigenvalue weighted by atomic mass is 16.6. The van der Waals surface area contributed by atoms with E-state index in [1.54, 1.807) is 19.9 Å². The molecule has 4 rings (SSSR count). The molecule has 2 saturated heterocycles. The van der Waals surface area contributed by atoms with Gasteiger partial charge < -0.3 is 18.9 Å². The second kappa shape index (κ2) is 6.55. The normalized spacial score (nSPS) is 40.5. The Hall–Kier alpha value is -2.41. The number of carbonyl (C=O) groups is 3. The van der Waals surface area contributed by atoms with Crippen LogP contribution in [0.1, 0.15) is 41.0 Å². The fourth-order valence-corrected chi connectivity index (χ4v) is 5.09. The molecule has 1 saturated carbocycles. The summed E-state index contributed by atoms with van der Waals surface area (Å²) in [5, 5.41) is 0. The molecule has 0 N–H and O–H groups in total. The van der Waals surface area contributed by atoms with E-state index in [4.69, 9.17) is 18.9 Å². The van der Waals surface area contributed by atoms with Crippen LogP contribution in [-0.2, 0) is 33.3 Å². The van der Waals surface area contributed by atoms with Gasteiger partial charge in [0.15, 0.2) is 12.2 Å². The molecule has 0 radical (unpaired) electrons. The third-order valence-electron chi connectivity index (χ3n) is 6.84. The van der Waals surface area contributed by atoms with Crippen molar-refractivity contribution in [3.63, 3.8) is 0 Å². The summed E-state index contributed by atoms with van der Waals surface area (Å²) in [6.45, 7) is 12.5. The Bertz CT molecular complexity index is 882. The number of esters is 3. The topological polar surface area (TPSA) is 91.4 Å². The van der Waals surface area contributed by atoms with Crippen LogP contribution in [0.2, 0.25) is 0 Å². The lowest BCUT2D eigenvalue weighted by molar-refractivity contribution is -0.166. The van der Waals surface area contributed by atoms with E-state index in [2.05, 4.69) is 6.58 Å². The van der Waals surface area contributed by atoms with Crippen LogP contribution < -0.4 is 0 Å². The molecule has 29 heavy (non-hydrogen) atoms. The number of epoxide rings is 1. The summed E-state index contributed by atoms with van der Waals surface area (Å²) in [4.78, 5) is 37.0. The summed E-state index contributed by atoms with van der Waals surface area (Å²) in [5.41, 5.74) is 2.11. The summed E-state index contributed by atoms with van der Waals surface area (Å²) in [6.07, 6.45) is 0.0706. The monoisotopic (exact) mass is 402 g/mol. The average Bonchev–Trinajstić information content (AvgIpc) is 3.12. The lowest BCUT2D eigenvalue weighted by atomic mass is 9.80. The fraction of sp³-hybridized carbons (Fsp3) is 0.591. The molecule has 2 aliphatic heterocycles. The number of ether oxygens (including phenoxy) is 4. The molecule has 0 aromatic carbocycles. The highest BCUT2D eigenvalue weighted by Gasteiger charge is 2.71. The number of allylic oxidation sites excluding steroid dienone is 1. The molecule has 7 atom stereocenters. The summed E-state index contributed by atoms with van der Waals surface area (Å²) in [7, 11) is 0. The predicted octanol–water partition coefficient (Wildman–Crippen LogP) is 2.40. The van der Waals surface area contributed by atoms with Crippen LogP contribution in [0.4, 0.5) is 0 Å². The highest BCUT2D eigenvalue weighted by molar-refractivity contribution is 5.91. The second-order valence-corrected chi connectivity index (χ2v) is 8.47. The summed E-state index contributed by atoms with van der Waals surface area (Å²) in [6, 6.07) is 0. The molecule has 156 valence electrons. The smallest absolute Gasteiger partial charge is 0.334 e. The minimum atomic E-state index is -0.899. The Morgan fingerprint density at radius 1 is 1.28 bits per heavy atom. The third kappa shape index (κ3) is 2.86. The maximum atomic E-state index is 12.6. The van der Waals surface area contributed by atoms with E-state index in [-0.39, 0.29) is 17.6 Å². The molecule has 7 heteroatoms. The fourth-order valence-electron chi connectivity index (χ4n) is 5.09. The third-order valence-corrected chi connectivity index (χ3v) is 6.84. The van der Waals surface area contributed by atoms with E-state index in [9.17, 15) is 14.4 Å². The predicted molar refractivity (Wildman–Crippen MR) is 101 cm³/mol. The standard InChI is InChI=1S/C22H26O7/c1-7-9(2)20(24)27-17-10(3)13-8-14-22(6,29-14)16(13)18-15(11(4)21(25)28-18)19(17)26-12(5)23/h7,14-19H,4,8H2,1-3,5-6H3. The van der Waals surface area contributed by atoms with Gasteiger partial charge in [0.05, 0.1) is 12.0 Å². The van der Waals surface area contributed by atoms with Gasteiger partial charge >= 0.3 is 17.9 Å². The van der Waals surface area contributed by atoms with Gasteiger partial charge in [-0.25, -0.2) is 9.59 Å². The quantitative estimate of drug-likeness (QED) is 0.235. The zero-order valence-electron chi connectivity index (χ0n) is 17.3. The van der Waals surface area contributed by atoms with Crippen molar-refractivity contribution in [3.8, 4) is 0 Å². The van der Waals surface area contributed by atoms with Crippen LogP contribution in [0.3, 0.4) is 0 Å². The Morgan fingerprint density at radius 2 is 1.97 bits per heavy atom. The Labute approximate surface area is 169 Å². The molecule has 2 heterocycles. The first kappa shape index (κ1) is 19.9. The van der Waals surface area contributed by atoms with Crippen LogP contribution in [0, 0.1) is 11.8 Å².